The Morgan fingerprint density at radius 2 is 2.46 bits per heavy atom. The summed E-state index contributed by atoms with van der Waals surface area (Å²) in [5.41, 5.74) is 7.47. The molecule has 4 heteroatoms. The molecule has 0 aliphatic heterocycles. The van der Waals surface area contributed by atoms with Crippen molar-refractivity contribution >= 4 is 11.7 Å². The van der Waals surface area contributed by atoms with Gasteiger partial charge in [0, 0.05) is 0 Å². The standard InChI is InChI=1S/C9H15N3S/c1-9(3-2-4-9)5-7(10)8-6-11-13-12-8/h6-7H,2-5,10H2,1H3. The summed E-state index contributed by atoms with van der Waals surface area (Å²) in [5, 5.41) is 0. The number of nitrogens with zero attached hydrogens (tertiary/aromatic N) is 2. The van der Waals surface area contributed by atoms with E-state index < -0.39 is 0 Å². The van der Waals surface area contributed by atoms with Gasteiger partial charge < -0.3 is 5.73 Å². The Hall–Kier alpha value is -0.480. The molecule has 1 aromatic heterocycles. The minimum absolute atomic E-state index is 0.0871. The van der Waals surface area contributed by atoms with E-state index in [1.807, 2.05) is 0 Å². The lowest BCUT2D eigenvalue weighted by Gasteiger charge is -2.39. The van der Waals surface area contributed by atoms with Gasteiger partial charge in [-0.05, 0) is 24.7 Å². The molecule has 1 aliphatic carbocycles. The van der Waals surface area contributed by atoms with Gasteiger partial charge in [0.15, 0.2) is 0 Å². The second-order valence-electron chi connectivity index (χ2n) is 4.31. The first kappa shape index (κ1) is 9.09. The maximum absolute atomic E-state index is 6.04. The minimum Gasteiger partial charge on any atom is -0.323 e. The molecule has 1 atom stereocenters. The van der Waals surface area contributed by atoms with Gasteiger partial charge in [0.2, 0.25) is 0 Å². The largest absolute Gasteiger partial charge is 0.323 e. The second kappa shape index (κ2) is 3.35. The fourth-order valence-corrected chi connectivity index (χ4v) is 2.43. The van der Waals surface area contributed by atoms with Gasteiger partial charge in [0.25, 0.3) is 0 Å². The van der Waals surface area contributed by atoms with Crippen molar-refractivity contribution in [2.45, 2.75) is 38.6 Å². The first-order valence-electron chi connectivity index (χ1n) is 4.73. The van der Waals surface area contributed by atoms with Gasteiger partial charge in [-0.25, -0.2) is 0 Å². The number of rotatable bonds is 3. The average Bonchev–Trinajstić information content (AvgIpc) is 2.53. The highest BCUT2D eigenvalue weighted by atomic mass is 32.1. The third kappa shape index (κ3) is 1.89. The zero-order valence-corrected chi connectivity index (χ0v) is 8.68. The summed E-state index contributed by atoms with van der Waals surface area (Å²) in [6.07, 6.45) is 6.84. The smallest absolute Gasteiger partial charge is 0.0910 e. The fourth-order valence-electron chi connectivity index (χ4n) is 1.96. The highest BCUT2D eigenvalue weighted by Crippen LogP contribution is 2.45. The molecule has 0 spiro atoms. The SMILES string of the molecule is CC1(CC(N)c2cnsn2)CCC1. The van der Waals surface area contributed by atoms with E-state index in [1.54, 1.807) is 6.20 Å². The van der Waals surface area contributed by atoms with E-state index in [1.165, 1.54) is 31.0 Å². The van der Waals surface area contributed by atoms with Crippen molar-refractivity contribution in [2.75, 3.05) is 0 Å². The molecule has 1 aromatic rings. The van der Waals surface area contributed by atoms with Crippen molar-refractivity contribution in [1.82, 2.24) is 8.75 Å². The van der Waals surface area contributed by atoms with E-state index in [-0.39, 0.29) is 6.04 Å². The van der Waals surface area contributed by atoms with Crippen LogP contribution in [-0.2, 0) is 0 Å². The molecule has 0 amide bonds. The van der Waals surface area contributed by atoms with E-state index >= 15 is 0 Å². The van der Waals surface area contributed by atoms with Crippen molar-refractivity contribution in [2.24, 2.45) is 11.1 Å². The minimum atomic E-state index is 0.0871. The third-order valence-electron chi connectivity index (χ3n) is 3.03. The van der Waals surface area contributed by atoms with Crippen molar-refractivity contribution in [3.8, 4) is 0 Å². The Labute approximate surface area is 82.7 Å². The van der Waals surface area contributed by atoms with E-state index in [0.717, 1.165) is 12.1 Å². The molecule has 3 nitrogen and oxygen atoms in total. The summed E-state index contributed by atoms with van der Waals surface area (Å²) < 4.78 is 8.13. The summed E-state index contributed by atoms with van der Waals surface area (Å²) >= 11 is 1.24. The van der Waals surface area contributed by atoms with Crippen LogP contribution in [0.4, 0.5) is 0 Å². The number of hydrogen-bond donors (Lipinski definition) is 1. The van der Waals surface area contributed by atoms with Crippen LogP contribution >= 0.6 is 11.7 Å². The predicted octanol–water partition coefficient (Wildman–Crippen LogP) is 2.12. The predicted molar refractivity (Wildman–Crippen MR) is 53.4 cm³/mol. The molecule has 1 heterocycles. The summed E-state index contributed by atoms with van der Waals surface area (Å²) in [4.78, 5) is 0. The Bertz CT molecular complexity index is 266. The fraction of sp³-hybridized carbons (Fsp3) is 0.778. The van der Waals surface area contributed by atoms with Crippen LogP contribution in [0.1, 0.15) is 44.3 Å². The normalized spacial score (nSPS) is 22.3. The van der Waals surface area contributed by atoms with Crippen LogP contribution in [0.3, 0.4) is 0 Å². The Balaban J connectivity index is 1.95. The van der Waals surface area contributed by atoms with Gasteiger partial charge in [-0.3, -0.25) is 0 Å². The number of aromatic nitrogens is 2. The van der Waals surface area contributed by atoms with Crippen LogP contribution in [0, 0.1) is 5.41 Å². The quantitative estimate of drug-likeness (QED) is 0.807. The van der Waals surface area contributed by atoms with Crippen LogP contribution in [0.2, 0.25) is 0 Å². The molecule has 1 fully saturated rings. The highest BCUT2D eigenvalue weighted by molar-refractivity contribution is 6.99. The summed E-state index contributed by atoms with van der Waals surface area (Å²) in [6, 6.07) is 0.0871. The zero-order chi connectivity index (χ0) is 9.31. The van der Waals surface area contributed by atoms with E-state index in [0.29, 0.717) is 5.41 Å². The monoisotopic (exact) mass is 197 g/mol. The molecule has 72 valence electrons. The van der Waals surface area contributed by atoms with Gasteiger partial charge in [-0.1, -0.05) is 13.3 Å². The van der Waals surface area contributed by atoms with E-state index in [2.05, 4.69) is 15.7 Å². The van der Waals surface area contributed by atoms with Crippen LogP contribution in [0.25, 0.3) is 0 Å². The molecule has 0 bridgehead atoms. The van der Waals surface area contributed by atoms with Crippen LogP contribution in [0.15, 0.2) is 6.20 Å². The van der Waals surface area contributed by atoms with Gasteiger partial charge in [-0.15, -0.1) is 0 Å². The summed E-state index contributed by atoms with van der Waals surface area (Å²) in [5.74, 6) is 0. The maximum Gasteiger partial charge on any atom is 0.0910 e. The Kier molecular flexibility index (Phi) is 2.34. The molecule has 1 unspecified atom stereocenters. The van der Waals surface area contributed by atoms with Crippen LogP contribution in [0.5, 0.6) is 0 Å². The van der Waals surface area contributed by atoms with Crippen molar-refractivity contribution < 1.29 is 0 Å². The summed E-state index contributed by atoms with van der Waals surface area (Å²) in [7, 11) is 0. The number of nitrogens with two attached hydrogens (primary N) is 1. The molecule has 1 saturated carbocycles. The van der Waals surface area contributed by atoms with Gasteiger partial charge in [-0.2, -0.15) is 8.75 Å². The van der Waals surface area contributed by atoms with E-state index in [9.17, 15) is 0 Å². The van der Waals surface area contributed by atoms with Gasteiger partial charge in [0.1, 0.15) is 0 Å². The summed E-state index contributed by atoms with van der Waals surface area (Å²) in [6.45, 7) is 2.32. The molecule has 0 saturated heterocycles. The van der Waals surface area contributed by atoms with Crippen LogP contribution in [-0.4, -0.2) is 8.75 Å². The Morgan fingerprint density at radius 3 is 2.92 bits per heavy atom. The first-order chi connectivity index (χ1) is 6.20. The van der Waals surface area contributed by atoms with Crippen molar-refractivity contribution in [3.63, 3.8) is 0 Å². The molecular weight excluding hydrogens is 182 g/mol. The van der Waals surface area contributed by atoms with Gasteiger partial charge in [0.05, 0.1) is 29.7 Å². The molecule has 13 heavy (non-hydrogen) atoms. The molecule has 0 radical (unpaired) electrons. The van der Waals surface area contributed by atoms with Crippen molar-refractivity contribution in [1.29, 1.82) is 0 Å². The topological polar surface area (TPSA) is 51.8 Å². The highest BCUT2D eigenvalue weighted by Gasteiger charge is 2.33. The van der Waals surface area contributed by atoms with Gasteiger partial charge >= 0.3 is 0 Å². The first-order valence-corrected chi connectivity index (χ1v) is 5.46. The molecule has 0 aromatic carbocycles. The third-order valence-corrected chi connectivity index (χ3v) is 3.52. The molecule has 2 N–H and O–H groups in total. The second-order valence-corrected chi connectivity index (χ2v) is 4.86. The molecular formula is C9H15N3S. The van der Waals surface area contributed by atoms with Crippen LogP contribution < -0.4 is 5.73 Å². The zero-order valence-electron chi connectivity index (χ0n) is 7.86. The van der Waals surface area contributed by atoms with E-state index in [4.69, 9.17) is 5.73 Å². The lowest BCUT2D eigenvalue weighted by atomic mass is 9.67. The molecule has 2 rings (SSSR count). The lowest BCUT2D eigenvalue weighted by Crippen LogP contribution is -2.30. The Morgan fingerprint density at radius 1 is 1.69 bits per heavy atom. The van der Waals surface area contributed by atoms with Crippen molar-refractivity contribution in [3.05, 3.63) is 11.9 Å². The average molecular weight is 197 g/mol. The number of hydrogen-bond acceptors (Lipinski definition) is 4. The lowest BCUT2D eigenvalue weighted by molar-refractivity contribution is 0.134. The maximum atomic E-state index is 6.04. The molecule has 1 aliphatic rings.